The van der Waals surface area contributed by atoms with Crippen molar-refractivity contribution in [2.75, 3.05) is 67.3 Å². The number of carbonyl (C=O) groups is 4. The number of carbonyl (C=O) groups excluding carboxylic acids is 4. The number of benzene rings is 4. The van der Waals surface area contributed by atoms with Crippen LogP contribution in [0, 0.1) is 35.8 Å². The van der Waals surface area contributed by atoms with Crippen LogP contribution >= 0.6 is 153 Å². The molecule has 0 radical (unpaired) electrons. The lowest BCUT2D eigenvalue weighted by atomic mass is 9.99. The first-order chi connectivity index (χ1) is 48.4. The summed E-state index contributed by atoms with van der Waals surface area (Å²) in [4.78, 5) is 81.2. The van der Waals surface area contributed by atoms with E-state index in [-0.39, 0.29) is 87.6 Å². The number of esters is 2. The molecule has 6 N–H and O–H groups in total. The third-order valence-electron chi connectivity index (χ3n) is 15.2. The summed E-state index contributed by atoms with van der Waals surface area (Å²) in [5.41, 5.74) is 18.5. The number of nitriles is 2. The summed E-state index contributed by atoms with van der Waals surface area (Å²) in [6.45, 7) is 25.6. The summed E-state index contributed by atoms with van der Waals surface area (Å²) in [6.07, 6.45) is 4.02. The molecule has 22 nitrogen and oxygen atoms in total. The number of hydrogen-bond acceptors (Lipinski definition) is 22. The van der Waals surface area contributed by atoms with E-state index in [1.807, 2.05) is 64.2 Å². The maximum absolute atomic E-state index is 12.2. The third-order valence-corrected chi connectivity index (χ3v) is 19.6. The molecule has 6 heterocycles. The maximum Gasteiger partial charge on any atom is 0.328 e. The highest BCUT2D eigenvalue weighted by Gasteiger charge is 2.30. The predicted octanol–water partition coefficient (Wildman–Crippen LogP) is 16.2. The number of amides is 2. The van der Waals surface area contributed by atoms with Crippen LogP contribution < -0.4 is 41.4 Å². The van der Waals surface area contributed by atoms with Crippen LogP contribution in [0.3, 0.4) is 0 Å². The molecule has 0 unspecified atom stereocenters. The summed E-state index contributed by atoms with van der Waals surface area (Å²) >= 11 is 20.2. The van der Waals surface area contributed by atoms with Gasteiger partial charge in [-0.1, -0.05) is 118 Å². The Morgan fingerprint density at radius 2 is 0.894 bits per heavy atom. The lowest BCUT2D eigenvalue weighted by molar-refractivity contribution is -0.148. The Balaban J connectivity index is 0.000000415. The first-order valence-corrected chi connectivity index (χ1v) is 38.2. The van der Waals surface area contributed by atoms with E-state index < -0.39 is 47.9 Å². The molecule has 10 rings (SSSR count). The van der Waals surface area contributed by atoms with Gasteiger partial charge in [-0.25, -0.2) is 39.2 Å². The number of ether oxygens (including phenoxy) is 4. The van der Waals surface area contributed by atoms with Gasteiger partial charge in [0.15, 0.2) is 0 Å². The first-order valence-electron chi connectivity index (χ1n) is 31.5. The number of hydrogen-bond donors (Lipinski definition) is 4. The number of pyridine rings is 2. The van der Waals surface area contributed by atoms with Crippen LogP contribution in [0.5, 0.6) is 11.5 Å². The Kier molecular flexibility index (Phi) is 38.6. The van der Waals surface area contributed by atoms with Gasteiger partial charge in [-0.3, -0.25) is 9.59 Å². The number of halogens is 7. The van der Waals surface area contributed by atoms with E-state index in [9.17, 15) is 29.7 Å². The Morgan fingerprint density at radius 1 is 0.567 bits per heavy atom. The zero-order chi connectivity index (χ0) is 71.8. The Morgan fingerprint density at radius 3 is 1.20 bits per heavy atom. The largest absolute Gasteiger partial charge is 0.490 e. The van der Waals surface area contributed by atoms with Gasteiger partial charge < -0.3 is 50.8 Å². The van der Waals surface area contributed by atoms with Crippen LogP contribution in [0.1, 0.15) is 75.9 Å². The zero-order valence-electron chi connectivity index (χ0n) is 56.9. The topological polar surface area (TPSA) is 296 Å². The molecule has 550 valence electrons. The van der Waals surface area contributed by atoms with Crippen LogP contribution in [0.2, 0.25) is 10.0 Å². The van der Waals surface area contributed by atoms with Crippen LogP contribution in [0.15, 0.2) is 118 Å². The van der Waals surface area contributed by atoms with Crippen molar-refractivity contribution in [2.24, 2.45) is 11.5 Å². The van der Waals surface area contributed by atoms with Crippen LogP contribution in [-0.2, 0) is 40.2 Å². The highest BCUT2D eigenvalue weighted by atomic mass is 127. The molecule has 2 aliphatic rings. The molecule has 0 saturated carbocycles. The molecule has 2 saturated heterocycles. The quantitative estimate of drug-likeness (QED) is 0.00978. The molecule has 4 atom stereocenters. The molecular formula is C71H75Cl5I2N14O8S4. The second kappa shape index (κ2) is 44.9. The van der Waals surface area contributed by atoms with Gasteiger partial charge in [-0.15, -0.1) is 83.9 Å². The van der Waals surface area contributed by atoms with Gasteiger partial charge in [-0.05, 0) is 118 Å². The van der Waals surface area contributed by atoms with Crippen molar-refractivity contribution in [1.29, 1.82) is 10.5 Å². The first kappa shape index (κ1) is 89.4. The lowest BCUT2D eigenvalue weighted by Crippen LogP contribution is -2.46. The number of rotatable bonds is 26. The number of thioether (sulfide) groups is 2. The van der Waals surface area contributed by atoms with E-state index in [0.29, 0.717) is 99.5 Å². The summed E-state index contributed by atoms with van der Waals surface area (Å²) < 4.78 is 21.9. The van der Waals surface area contributed by atoms with Crippen molar-refractivity contribution < 1.29 is 38.1 Å². The van der Waals surface area contributed by atoms with E-state index in [0.717, 1.165) is 84.4 Å². The zero-order valence-corrected chi connectivity index (χ0v) is 68.6. The second-order valence-corrected chi connectivity index (χ2v) is 27.0. The van der Waals surface area contributed by atoms with Gasteiger partial charge in [-0.2, -0.15) is 10.5 Å². The number of nitrogens with zero attached hydrogens (tertiary/aromatic N) is 10. The molecule has 8 aromatic rings. The summed E-state index contributed by atoms with van der Waals surface area (Å²) in [6, 6.07) is 30.8. The molecule has 4 aromatic heterocycles. The second-order valence-electron chi connectivity index (χ2n) is 22.5. The van der Waals surface area contributed by atoms with Crippen LogP contribution in [0.4, 0.5) is 23.0 Å². The van der Waals surface area contributed by atoms with E-state index in [4.69, 9.17) is 86.7 Å². The van der Waals surface area contributed by atoms with Gasteiger partial charge in [0.25, 0.3) is 0 Å². The van der Waals surface area contributed by atoms with Gasteiger partial charge in [0, 0.05) is 80.7 Å². The molecule has 0 aliphatic carbocycles. The van der Waals surface area contributed by atoms with Crippen LogP contribution in [-0.4, -0.2) is 125 Å². The highest BCUT2D eigenvalue weighted by Crippen LogP contribution is 2.47. The number of nitrogens with one attached hydrogen (secondary N) is 2. The molecule has 0 spiro atoms. The molecule has 104 heavy (non-hydrogen) atoms. The standard InChI is InChI=1S/2C35H34ClN7O4S2.CH3I.3ClH.HI/c2*1-21(38)32(44)40-22(2)35(45)47-17-16-46-27-12-8-23(9-13-27)29-28(18-37)34(42-31(30(29)39-3)43-14-4-5-15-43)49-20-26-19-48-33(41-26)24-6-10-25(36)11-7-24;1-2;;;;/h2*6-13,19,21-22H,4-5,14-17,20,38H2,1-2H3,(H,40,44);1H3;4*1H/t2*21-,22-;;;;;/m00...../s1. The van der Waals surface area contributed by atoms with E-state index >= 15 is 0 Å². The number of thiazole rings is 2. The number of aromatic nitrogens is 4. The molecule has 2 amide bonds. The summed E-state index contributed by atoms with van der Waals surface area (Å²) in [7, 11) is 0. The molecule has 2 aliphatic heterocycles. The SMILES string of the molecule is CI.Cl.Cl.Cl.I.[C-]#[N+]c1c(N2CCCC2)nc(SCc2csc(-c3ccc(Cl)cc3)n2)c(C#N)c1-c1ccc(OCCOC(=O)[C@H](C)NC(=O)[C@H](C)N)cc1.[C-]#[N+]c1c(N2CCCC2)nc(SCc2csc(-c3ccc(Cl)cc3)n2)c(C#N)c1-c1ccc(OCCOC(=O)[C@H](C)NC(=O)[C@H](C)N)cc1. The Hall–Kier alpha value is -6.99. The van der Waals surface area contributed by atoms with Crippen molar-refractivity contribution in [3.63, 3.8) is 0 Å². The van der Waals surface area contributed by atoms with E-state index in [2.05, 4.69) is 64.9 Å². The number of anilines is 2. The van der Waals surface area contributed by atoms with E-state index in [1.54, 1.807) is 71.2 Å². The number of alkyl halides is 1. The highest BCUT2D eigenvalue weighted by molar-refractivity contribution is 14.1. The average Bonchev–Trinajstić information content (AvgIpc) is 0.966. The van der Waals surface area contributed by atoms with Crippen molar-refractivity contribution >= 4 is 200 Å². The molecule has 4 aromatic carbocycles. The summed E-state index contributed by atoms with van der Waals surface area (Å²) in [5, 5.41) is 34.0. The minimum atomic E-state index is -0.842. The maximum atomic E-state index is 12.2. The summed E-state index contributed by atoms with van der Waals surface area (Å²) in [5.74, 6) is 1.10. The van der Waals surface area contributed by atoms with E-state index in [1.165, 1.54) is 51.2 Å². The molecule has 0 bridgehead atoms. The van der Waals surface area contributed by atoms with Crippen molar-refractivity contribution in [3.8, 4) is 67.0 Å². The average molecular weight is 1810 g/mol. The van der Waals surface area contributed by atoms with Gasteiger partial charge in [0.2, 0.25) is 23.2 Å². The minimum Gasteiger partial charge on any atom is -0.490 e. The van der Waals surface area contributed by atoms with Gasteiger partial charge in [0.1, 0.15) is 93.9 Å². The van der Waals surface area contributed by atoms with Gasteiger partial charge >= 0.3 is 11.9 Å². The third kappa shape index (κ3) is 24.5. The van der Waals surface area contributed by atoms with Crippen LogP contribution in [0.25, 0.3) is 53.1 Å². The fourth-order valence-corrected chi connectivity index (χ4v) is 14.0. The van der Waals surface area contributed by atoms with Crippen molar-refractivity contribution in [2.45, 2.75) is 99.1 Å². The molecule has 2 fully saturated rings. The Labute approximate surface area is 680 Å². The Bertz CT molecular complexity index is 4060. The fraction of sp³-hybridized carbons (Fsp3) is 0.324. The van der Waals surface area contributed by atoms with Crippen molar-refractivity contribution in [3.05, 3.63) is 163 Å². The van der Waals surface area contributed by atoms with Gasteiger partial charge in [0.05, 0.1) is 47.7 Å². The number of nitrogens with two attached hydrogens (primary N) is 2. The lowest BCUT2D eigenvalue weighted by Gasteiger charge is -2.22. The molecular weight excluding hydrogens is 1740 g/mol. The normalized spacial score (nSPS) is 12.9. The minimum absolute atomic E-state index is 0. The molecule has 33 heteroatoms. The van der Waals surface area contributed by atoms with Crippen molar-refractivity contribution in [1.82, 2.24) is 30.6 Å². The fourth-order valence-electron chi connectivity index (χ4n) is 10.2. The predicted molar refractivity (Wildman–Crippen MR) is 441 cm³/mol. The monoisotopic (exact) mass is 1810 g/mol. The smallest absolute Gasteiger partial charge is 0.328 e.